The second kappa shape index (κ2) is 6.95. The van der Waals surface area contributed by atoms with Crippen LogP contribution in [0.1, 0.15) is 30.5 Å². The Morgan fingerprint density at radius 3 is 2.85 bits per heavy atom. The first-order chi connectivity index (χ1) is 12.8. The maximum absolute atomic E-state index is 12.8. The smallest absolute Gasteiger partial charge is 0.317 e. The van der Waals surface area contributed by atoms with Crippen molar-refractivity contribution < 1.29 is 4.79 Å². The molecule has 26 heavy (non-hydrogen) atoms. The quantitative estimate of drug-likeness (QED) is 0.788. The van der Waals surface area contributed by atoms with Crippen LogP contribution in [0, 0.1) is 0 Å². The second-order valence-electron chi connectivity index (χ2n) is 6.22. The molecule has 1 aromatic carbocycles. The molecule has 0 saturated carbocycles. The monoisotopic (exact) mass is 348 g/mol. The predicted molar refractivity (Wildman–Crippen MR) is 98.1 cm³/mol. The van der Waals surface area contributed by atoms with Gasteiger partial charge in [0.1, 0.15) is 0 Å². The minimum atomic E-state index is -0.111. The Morgan fingerprint density at radius 1 is 1.23 bits per heavy atom. The molecule has 7 heteroatoms. The molecule has 1 aliphatic heterocycles. The maximum Gasteiger partial charge on any atom is 0.322 e. The first kappa shape index (κ1) is 16.3. The molecule has 2 aromatic heterocycles. The van der Waals surface area contributed by atoms with E-state index in [2.05, 4.69) is 45.5 Å². The number of hydrogen-bond acceptors (Lipinski definition) is 4. The van der Waals surface area contributed by atoms with Crippen molar-refractivity contribution in [3.8, 4) is 5.95 Å². The molecule has 0 radical (unpaired) electrons. The normalized spacial score (nSPS) is 16.2. The molecule has 7 nitrogen and oxygen atoms in total. The molecule has 1 aliphatic rings. The van der Waals surface area contributed by atoms with Gasteiger partial charge < -0.3 is 10.2 Å². The summed E-state index contributed by atoms with van der Waals surface area (Å²) in [6.45, 7) is 2.81. The average Bonchev–Trinajstić information content (AvgIpc) is 3.16. The van der Waals surface area contributed by atoms with Gasteiger partial charge in [0.05, 0.1) is 24.1 Å². The molecule has 3 heterocycles. The van der Waals surface area contributed by atoms with Crippen LogP contribution in [0.4, 0.5) is 10.5 Å². The minimum absolute atomic E-state index is 0.0902. The number of urea groups is 1. The van der Waals surface area contributed by atoms with Gasteiger partial charge in [0.2, 0.25) is 5.95 Å². The van der Waals surface area contributed by atoms with Crippen molar-refractivity contribution in [3.05, 3.63) is 66.2 Å². The third-order valence-corrected chi connectivity index (χ3v) is 4.65. The summed E-state index contributed by atoms with van der Waals surface area (Å²) in [7, 11) is 0. The summed E-state index contributed by atoms with van der Waals surface area (Å²) in [5.41, 5.74) is 3.19. The lowest BCUT2D eigenvalue weighted by molar-refractivity contribution is 0.180. The van der Waals surface area contributed by atoms with Gasteiger partial charge in [0.25, 0.3) is 0 Å². The number of aromatic nitrogens is 4. The van der Waals surface area contributed by atoms with Crippen molar-refractivity contribution in [1.29, 1.82) is 0 Å². The fourth-order valence-electron chi connectivity index (χ4n) is 3.44. The van der Waals surface area contributed by atoms with Crippen molar-refractivity contribution in [2.45, 2.75) is 25.8 Å². The fraction of sp³-hybridized carbons (Fsp3) is 0.263. The van der Waals surface area contributed by atoms with Gasteiger partial charge in [-0.05, 0) is 30.0 Å². The van der Waals surface area contributed by atoms with Crippen LogP contribution in [0.25, 0.3) is 5.95 Å². The second-order valence-corrected chi connectivity index (χ2v) is 6.22. The standard InChI is InChI=1S/C19H20N6O/c1-2-17-16-7-4-3-6-14(16)8-11-24(17)19(26)23-15-12-22-25(13-15)18-20-9-5-10-21-18/h3-7,9-10,12-13,17H,2,8,11H2,1H3,(H,23,26)/t17-/m0/s1. The maximum atomic E-state index is 12.8. The van der Waals surface area contributed by atoms with Gasteiger partial charge in [-0.1, -0.05) is 31.2 Å². The van der Waals surface area contributed by atoms with E-state index >= 15 is 0 Å². The Bertz CT molecular complexity index is 907. The summed E-state index contributed by atoms with van der Waals surface area (Å²) in [4.78, 5) is 23.0. The summed E-state index contributed by atoms with van der Waals surface area (Å²) in [5.74, 6) is 0.464. The summed E-state index contributed by atoms with van der Waals surface area (Å²) >= 11 is 0. The Balaban J connectivity index is 1.51. The molecule has 132 valence electrons. The zero-order valence-corrected chi connectivity index (χ0v) is 14.5. The van der Waals surface area contributed by atoms with Gasteiger partial charge in [0, 0.05) is 18.9 Å². The van der Waals surface area contributed by atoms with E-state index in [1.165, 1.54) is 11.1 Å². The molecule has 0 bridgehead atoms. The molecule has 2 amide bonds. The van der Waals surface area contributed by atoms with Crippen molar-refractivity contribution in [2.75, 3.05) is 11.9 Å². The van der Waals surface area contributed by atoms with Gasteiger partial charge in [0.15, 0.2) is 0 Å². The lowest BCUT2D eigenvalue weighted by Crippen LogP contribution is -2.42. The van der Waals surface area contributed by atoms with Crippen LogP contribution in [0.15, 0.2) is 55.1 Å². The summed E-state index contributed by atoms with van der Waals surface area (Å²) in [6, 6.07) is 10.1. The SMILES string of the molecule is CC[C@H]1c2ccccc2CCN1C(=O)Nc1cnn(-c2ncccn2)c1. The molecule has 1 atom stereocenters. The van der Waals surface area contributed by atoms with Crippen LogP contribution in [0.5, 0.6) is 0 Å². The Hall–Kier alpha value is -3.22. The topological polar surface area (TPSA) is 75.9 Å². The lowest BCUT2D eigenvalue weighted by Gasteiger charge is -2.36. The Kier molecular flexibility index (Phi) is 4.35. The molecule has 3 aromatic rings. The van der Waals surface area contributed by atoms with Crippen molar-refractivity contribution in [1.82, 2.24) is 24.6 Å². The number of carbonyl (C=O) groups is 1. The van der Waals surface area contributed by atoms with Crippen molar-refractivity contribution in [3.63, 3.8) is 0 Å². The molecule has 0 unspecified atom stereocenters. The number of anilines is 1. The number of carbonyl (C=O) groups excluding carboxylic acids is 1. The van der Waals surface area contributed by atoms with Gasteiger partial charge in [-0.3, -0.25) is 0 Å². The molecular formula is C19H20N6O. The number of nitrogens with zero attached hydrogens (tertiary/aromatic N) is 5. The first-order valence-electron chi connectivity index (χ1n) is 8.73. The number of nitrogens with one attached hydrogen (secondary N) is 1. The molecule has 0 fully saturated rings. The predicted octanol–water partition coefficient (Wildman–Crippen LogP) is 3.20. The van der Waals surface area contributed by atoms with Gasteiger partial charge >= 0.3 is 6.03 Å². The van der Waals surface area contributed by atoms with Crippen LogP contribution >= 0.6 is 0 Å². The highest BCUT2D eigenvalue weighted by molar-refractivity contribution is 5.89. The highest BCUT2D eigenvalue weighted by Crippen LogP contribution is 2.32. The largest absolute Gasteiger partial charge is 0.322 e. The molecule has 0 spiro atoms. The van der Waals surface area contributed by atoms with Crippen LogP contribution in [0.2, 0.25) is 0 Å². The summed E-state index contributed by atoms with van der Waals surface area (Å²) in [5, 5.41) is 7.16. The van der Waals surface area contributed by atoms with E-state index < -0.39 is 0 Å². The Labute approximate surface area is 151 Å². The van der Waals surface area contributed by atoms with E-state index in [1.807, 2.05) is 11.0 Å². The van der Waals surface area contributed by atoms with E-state index in [-0.39, 0.29) is 12.1 Å². The zero-order chi connectivity index (χ0) is 17.9. The van der Waals surface area contributed by atoms with Crippen molar-refractivity contribution in [2.24, 2.45) is 0 Å². The van der Waals surface area contributed by atoms with Crippen LogP contribution in [-0.2, 0) is 6.42 Å². The van der Waals surface area contributed by atoms with E-state index in [1.54, 1.807) is 35.5 Å². The van der Waals surface area contributed by atoms with E-state index in [0.29, 0.717) is 18.2 Å². The third kappa shape index (κ3) is 3.03. The van der Waals surface area contributed by atoms with Crippen LogP contribution in [-0.4, -0.2) is 37.2 Å². The van der Waals surface area contributed by atoms with E-state index in [4.69, 9.17) is 0 Å². The number of benzene rings is 1. The zero-order valence-electron chi connectivity index (χ0n) is 14.5. The highest BCUT2D eigenvalue weighted by atomic mass is 16.2. The first-order valence-corrected chi connectivity index (χ1v) is 8.73. The summed E-state index contributed by atoms with van der Waals surface area (Å²) in [6.07, 6.45) is 8.37. The van der Waals surface area contributed by atoms with E-state index in [9.17, 15) is 4.79 Å². The van der Waals surface area contributed by atoms with E-state index in [0.717, 1.165) is 12.8 Å². The third-order valence-electron chi connectivity index (χ3n) is 4.65. The molecule has 0 saturated heterocycles. The molecule has 4 rings (SSSR count). The number of amides is 2. The average molecular weight is 348 g/mol. The molecular weight excluding hydrogens is 328 g/mol. The molecule has 1 N–H and O–H groups in total. The van der Waals surface area contributed by atoms with Gasteiger partial charge in [-0.15, -0.1) is 0 Å². The van der Waals surface area contributed by atoms with Gasteiger partial charge in [-0.25, -0.2) is 19.4 Å². The lowest BCUT2D eigenvalue weighted by atomic mass is 9.91. The van der Waals surface area contributed by atoms with Crippen molar-refractivity contribution >= 4 is 11.7 Å². The van der Waals surface area contributed by atoms with Gasteiger partial charge in [-0.2, -0.15) is 5.10 Å². The number of rotatable bonds is 3. The summed E-state index contributed by atoms with van der Waals surface area (Å²) < 4.78 is 1.54. The van der Waals surface area contributed by atoms with Crippen LogP contribution < -0.4 is 5.32 Å². The molecule has 0 aliphatic carbocycles. The minimum Gasteiger partial charge on any atom is -0.317 e. The number of fused-ring (bicyclic) bond motifs is 1. The Morgan fingerprint density at radius 2 is 2.04 bits per heavy atom. The van der Waals surface area contributed by atoms with Crippen LogP contribution in [0.3, 0.4) is 0 Å². The fourth-order valence-corrected chi connectivity index (χ4v) is 3.44. The number of hydrogen-bond donors (Lipinski definition) is 1. The highest BCUT2D eigenvalue weighted by Gasteiger charge is 2.29.